The van der Waals surface area contributed by atoms with Gasteiger partial charge in [-0.15, -0.1) is 11.8 Å². The van der Waals surface area contributed by atoms with Crippen molar-refractivity contribution in [2.45, 2.75) is 76.4 Å². The molecule has 0 amide bonds. The summed E-state index contributed by atoms with van der Waals surface area (Å²) >= 11 is 1.53. The van der Waals surface area contributed by atoms with Crippen molar-refractivity contribution in [1.29, 1.82) is 0 Å². The zero-order valence-electron chi connectivity index (χ0n) is 20.8. The molecule has 0 N–H and O–H groups in total. The minimum atomic E-state index is -2.56. The van der Waals surface area contributed by atoms with Crippen LogP contribution >= 0.6 is 11.8 Å². The second-order valence-corrected chi connectivity index (χ2v) is 12.4. The summed E-state index contributed by atoms with van der Waals surface area (Å²) in [6.07, 6.45) is 8.34. The Morgan fingerprint density at radius 3 is 2.18 bits per heavy atom. The molecule has 0 bridgehead atoms. The van der Waals surface area contributed by atoms with Gasteiger partial charge in [0.15, 0.2) is 0 Å². The highest BCUT2D eigenvalue weighted by atomic mass is 32.2. The highest BCUT2D eigenvalue weighted by molar-refractivity contribution is 8.01. The van der Waals surface area contributed by atoms with E-state index in [9.17, 15) is 18.5 Å². The Balaban J connectivity index is 2.27. The quantitative estimate of drug-likeness (QED) is 0.180. The summed E-state index contributed by atoms with van der Waals surface area (Å²) in [5.74, 6) is 0.407. The Morgan fingerprint density at radius 2 is 1.68 bits per heavy atom. The largest absolute Gasteiger partial charge is 0.273 e. The van der Waals surface area contributed by atoms with E-state index in [2.05, 4.69) is 0 Å². The second kappa shape index (κ2) is 10.6. The van der Waals surface area contributed by atoms with Crippen LogP contribution in [0.4, 0.5) is 5.69 Å². The zero-order chi connectivity index (χ0) is 25.1. The maximum atomic E-state index is 12.9. The number of aryl methyl sites for hydroxylation is 1. The van der Waals surface area contributed by atoms with Crippen molar-refractivity contribution in [3.8, 4) is 0 Å². The highest BCUT2D eigenvalue weighted by Crippen LogP contribution is 2.47. The van der Waals surface area contributed by atoms with Gasteiger partial charge in [0.25, 0.3) is 5.69 Å². The van der Waals surface area contributed by atoms with E-state index in [1.165, 1.54) is 24.2 Å². The van der Waals surface area contributed by atoms with E-state index in [1.54, 1.807) is 12.1 Å². The third kappa shape index (κ3) is 5.57. The fourth-order valence-electron chi connectivity index (χ4n) is 5.18. The van der Waals surface area contributed by atoms with Gasteiger partial charge in [-0.3, -0.25) is 10.1 Å². The van der Waals surface area contributed by atoms with Gasteiger partial charge in [-0.1, -0.05) is 94.8 Å². The normalized spacial score (nSPS) is 16.6. The van der Waals surface area contributed by atoms with Crippen LogP contribution in [0.3, 0.4) is 0 Å². The summed E-state index contributed by atoms with van der Waals surface area (Å²) in [6.45, 7) is 7.78. The van der Waals surface area contributed by atoms with E-state index in [4.69, 9.17) is 0 Å². The van der Waals surface area contributed by atoms with Crippen LogP contribution in [0.1, 0.15) is 81.5 Å². The molecule has 0 saturated heterocycles. The molecule has 0 aliphatic heterocycles. The zero-order valence-corrected chi connectivity index (χ0v) is 22.4. The van der Waals surface area contributed by atoms with Crippen molar-refractivity contribution in [2.75, 3.05) is 6.26 Å². The predicted molar refractivity (Wildman–Crippen MR) is 142 cm³/mol. The third-order valence-corrected chi connectivity index (χ3v) is 9.32. The lowest BCUT2D eigenvalue weighted by atomic mass is 9.77. The number of hydrogen-bond donors (Lipinski definition) is 0. The van der Waals surface area contributed by atoms with Crippen LogP contribution in [0.15, 0.2) is 42.5 Å². The molecular weight excluding hydrogens is 466 g/mol. The van der Waals surface area contributed by atoms with Crippen LogP contribution in [0.5, 0.6) is 0 Å². The molecule has 1 aliphatic carbocycles. The molecule has 1 saturated carbocycles. The van der Waals surface area contributed by atoms with Crippen molar-refractivity contribution in [3.05, 3.63) is 74.8 Å². The molecule has 5 nitrogen and oxygen atoms in total. The summed E-state index contributed by atoms with van der Waals surface area (Å²) in [6, 6.07) is 13.0. The lowest BCUT2D eigenvalue weighted by Gasteiger charge is -2.37. The Labute approximate surface area is 209 Å². The number of rotatable bonds is 7. The average molecular weight is 502 g/mol. The maximum absolute atomic E-state index is 12.9. The molecule has 184 valence electrons. The van der Waals surface area contributed by atoms with Gasteiger partial charge in [-0.05, 0) is 36.5 Å². The van der Waals surface area contributed by atoms with Gasteiger partial charge in [-0.25, -0.2) is 0 Å². The van der Waals surface area contributed by atoms with Gasteiger partial charge in [0.05, 0.1) is 14.5 Å². The molecule has 7 heteroatoms. The van der Waals surface area contributed by atoms with Crippen LogP contribution in [0.25, 0.3) is 0 Å². The van der Waals surface area contributed by atoms with Crippen molar-refractivity contribution >= 4 is 32.6 Å². The van der Waals surface area contributed by atoms with Crippen LogP contribution in [-0.2, 0) is 20.5 Å². The molecule has 0 heterocycles. The third-order valence-electron chi connectivity index (χ3n) is 6.97. The van der Waals surface area contributed by atoms with Gasteiger partial charge in [0, 0.05) is 17.2 Å². The second-order valence-electron chi connectivity index (χ2n) is 10.4. The van der Waals surface area contributed by atoms with E-state index in [0.29, 0.717) is 23.5 Å². The lowest BCUT2D eigenvalue weighted by Crippen LogP contribution is -2.36. The first-order valence-electron chi connectivity index (χ1n) is 11.9. The summed E-state index contributed by atoms with van der Waals surface area (Å²) in [4.78, 5) is 11.8. The minimum absolute atomic E-state index is 0.0375. The SMILES string of the molecule is CSC(CC1CCCCC1)(C(c1ccc(C(C)(C)C)c([N+](=O)[O-])c1)=S(=O)=O)c1ccc(C)cc1. The molecular formula is C27H35NO4S2. The molecule has 34 heavy (non-hydrogen) atoms. The average Bonchev–Trinajstić information content (AvgIpc) is 2.78. The highest BCUT2D eigenvalue weighted by Gasteiger charge is 2.42. The van der Waals surface area contributed by atoms with E-state index in [1.807, 2.05) is 58.2 Å². The van der Waals surface area contributed by atoms with E-state index in [-0.39, 0.29) is 10.6 Å². The molecule has 2 aromatic rings. The van der Waals surface area contributed by atoms with Gasteiger partial charge in [-0.2, -0.15) is 8.42 Å². The Kier molecular flexibility index (Phi) is 8.30. The van der Waals surface area contributed by atoms with Gasteiger partial charge in [0.2, 0.25) is 10.3 Å². The Morgan fingerprint density at radius 1 is 1.06 bits per heavy atom. The molecule has 0 aromatic heterocycles. The molecule has 1 atom stereocenters. The number of nitro benzene ring substituents is 1. The summed E-state index contributed by atoms with van der Waals surface area (Å²) in [5, 5.41) is 12.0. The van der Waals surface area contributed by atoms with Crippen molar-refractivity contribution in [3.63, 3.8) is 0 Å². The van der Waals surface area contributed by atoms with Gasteiger partial charge >= 0.3 is 0 Å². The van der Waals surface area contributed by atoms with Crippen LogP contribution in [-0.4, -0.2) is 24.5 Å². The number of hydrogen-bond acceptors (Lipinski definition) is 5. The standard InChI is InChI=1S/C27H35NO4S2/c1-19-11-14-22(15-12-19)27(33-5,18-20-9-7-6-8-10-20)25(34(31)32)21-13-16-23(26(2,3)4)24(17-21)28(29)30/h11-17,20H,6-10,18H2,1-5H3. The predicted octanol–water partition coefficient (Wildman–Crippen LogP) is 6.83. The monoisotopic (exact) mass is 501 g/mol. The van der Waals surface area contributed by atoms with Crippen molar-refractivity contribution in [2.24, 2.45) is 5.92 Å². The topological polar surface area (TPSA) is 77.3 Å². The van der Waals surface area contributed by atoms with E-state index in [0.717, 1.165) is 36.8 Å². The van der Waals surface area contributed by atoms with Crippen molar-refractivity contribution in [1.82, 2.24) is 0 Å². The molecule has 0 spiro atoms. The fourth-order valence-corrected chi connectivity index (χ4v) is 7.50. The molecule has 1 unspecified atom stereocenters. The molecule has 2 aromatic carbocycles. The molecule has 1 aliphatic rings. The van der Waals surface area contributed by atoms with Crippen LogP contribution < -0.4 is 0 Å². The first-order chi connectivity index (χ1) is 16.0. The lowest BCUT2D eigenvalue weighted by molar-refractivity contribution is -0.386. The number of thioether (sulfide) groups is 1. The summed E-state index contributed by atoms with van der Waals surface area (Å²) < 4.78 is 25.0. The van der Waals surface area contributed by atoms with E-state index >= 15 is 0 Å². The minimum Gasteiger partial charge on any atom is -0.258 e. The molecule has 1 fully saturated rings. The Bertz CT molecular complexity index is 1170. The summed E-state index contributed by atoms with van der Waals surface area (Å²) in [5.41, 5.74) is 2.55. The first kappa shape index (κ1) is 26.5. The smallest absolute Gasteiger partial charge is 0.258 e. The van der Waals surface area contributed by atoms with Crippen molar-refractivity contribution < 1.29 is 13.3 Å². The first-order valence-corrected chi connectivity index (χ1v) is 14.2. The maximum Gasteiger partial charge on any atom is 0.273 e. The number of nitro groups is 1. The molecule has 0 radical (unpaired) electrons. The van der Waals surface area contributed by atoms with Crippen LogP contribution in [0.2, 0.25) is 0 Å². The Hall–Kier alpha value is -2.12. The van der Waals surface area contributed by atoms with Gasteiger partial charge in [0.1, 0.15) is 0 Å². The van der Waals surface area contributed by atoms with E-state index < -0.39 is 25.4 Å². The van der Waals surface area contributed by atoms with Gasteiger partial charge < -0.3 is 0 Å². The molecule has 3 rings (SSSR count). The summed E-state index contributed by atoms with van der Waals surface area (Å²) in [7, 11) is -2.56. The van der Waals surface area contributed by atoms with Crippen LogP contribution in [0, 0.1) is 23.0 Å². The fraction of sp³-hybridized carbons (Fsp3) is 0.519. The number of benzene rings is 2. The number of nitrogens with zero attached hydrogens (tertiary/aromatic N) is 1.